The van der Waals surface area contributed by atoms with Crippen LogP contribution < -0.4 is 42.5 Å². The number of urea groups is 1. The zero-order valence-electron chi connectivity index (χ0n) is 54.6. The molecule has 8 amide bonds. The van der Waals surface area contributed by atoms with Gasteiger partial charge in [-0.15, -0.1) is 0 Å². The van der Waals surface area contributed by atoms with Crippen molar-refractivity contribution in [1.82, 2.24) is 62.1 Å². The predicted octanol–water partition coefficient (Wildman–Crippen LogP) is 0.142. The van der Waals surface area contributed by atoms with Gasteiger partial charge in [0.05, 0.1) is 32.7 Å². The minimum Gasteiger partial charge on any atom is -0.481 e. The van der Waals surface area contributed by atoms with Crippen molar-refractivity contribution in [3.8, 4) is 0 Å². The van der Waals surface area contributed by atoms with Crippen molar-refractivity contribution in [2.45, 2.75) is 120 Å². The minimum absolute atomic E-state index is 0.0537. The van der Waals surface area contributed by atoms with Crippen LogP contribution in [-0.2, 0) is 70.4 Å². The third-order valence-corrected chi connectivity index (χ3v) is 16.9. The van der Waals surface area contributed by atoms with Gasteiger partial charge in [-0.25, -0.2) is 14.4 Å². The van der Waals surface area contributed by atoms with Crippen LogP contribution in [0.3, 0.4) is 0 Å². The SMILES string of the molecule is O=C(O)CC[C@H](NC(=O)N[C@@H](CCCCNC(=O)[C@H](Cc1ccc2ccccc2c1)NC(=O)C1CCC(CNC(=O)[C@H](CCCCNC(=O)CN2CCN(CC(=O)O)CCN(CC(=O)O)CCN(CC(=O)O)CC2)NC(=O)CNC(=O)CCc2ccccc2)CC1)C(=O)O)C(=O)O. The summed E-state index contributed by atoms with van der Waals surface area (Å²) in [5.74, 6) is -10.5. The lowest BCUT2D eigenvalue weighted by Gasteiger charge is -2.32. The van der Waals surface area contributed by atoms with E-state index in [9.17, 15) is 87.9 Å². The Morgan fingerprint density at radius 3 is 1.47 bits per heavy atom. The summed E-state index contributed by atoms with van der Waals surface area (Å²) in [7, 11) is 0. The number of amides is 8. The van der Waals surface area contributed by atoms with E-state index in [4.69, 9.17) is 5.11 Å². The van der Waals surface area contributed by atoms with Gasteiger partial charge in [0.25, 0.3) is 0 Å². The van der Waals surface area contributed by atoms with Crippen molar-refractivity contribution < 1.29 is 93.0 Å². The molecule has 532 valence electrons. The normalized spacial score (nSPS) is 17.2. The predicted molar refractivity (Wildman–Crippen MR) is 352 cm³/mol. The second-order valence-electron chi connectivity index (χ2n) is 24.5. The number of nitrogens with one attached hydrogen (secondary N) is 8. The number of benzene rings is 3. The maximum absolute atomic E-state index is 14.0. The van der Waals surface area contributed by atoms with Gasteiger partial charge in [0.15, 0.2) is 0 Å². The average molecular weight is 1360 g/mol. The summed E-state index contributed by atoms with van der Waals surface area (Å²) < 4.78 is 0. The van der Waals surface area contributed by atoms with Crippen LogP contribution in [0, 0.1) is 11.8 Å². The van der Waals surface area contributed by atoms with Crippen LogP contribution in [0.15, 0.2) is 72.8 Å². The Kier molecular flexibility index (Phi) is 34.2. The second-order valence-corrected chi connectivity index (χ2v) is 24.5. The highest BCUT2D eigenvalue weighted by atomic mass is 16.4. The van der Waals surface area contributed by atoms with Crippen molar-refractivity contribution in [3.05, 3.63) is 83.9 Å². The van der Waals surface area contributed by atoms with E-state index in [2.05, 4.69) is 42.5 Å². The van der Waals surface area contributed by atoms with Crippen LogP contribution in [0.5, 0.6) is 0 Å². The molecular formula is C66H94N12O19. The molecule has 0 spiro atoms. The average Bonchev–Trinajstić information content (AvgIpc) is 0.913. The van der Waals surface area contributed by atoms with E-state index in [1.807, 2.05) is 72.8 Å². The molecule has 31 heteroatoms. The molecule has 31 nitrogen and oxygen atoms in total. The highest BCUT2D eigenvalue weighted by Crippen LogP contribution is 2.29. The van der Waals surface area contributed by atoms with E-state index in [1.165, 1.54) is 0 Å². The van der Waals surface area contributed by atoms with Crippen molar-refractivity contribution in [3.63, 3.8) is 0 Å². The number of hydrogen-bond donors (Lipinski definition) is 14. The quantitative estimate of drug-likeness (QED) is 0.0338. The topological polar surface area (TPSA) is 452 Å². The molecule has 3 aromatic carbocycles. The van der Waals surface area contributed by atoms with E-state index < -0.39 is 102 Å². The fourth-order valence-electron chi connectivity index (χ4n) is 11.5. The summed E-state index contributed by atoms with van der Waals surface area (Å²) in [6.07, 6.45) is 2.97. The molecule has 4 atom stereocenters. The number of aryl methyl sites for hydroxylation is 1. The Hall–Kier alpha value is -9.33. The lowest BCUT2D eigenvalue weighted by Crippen LogP contribution is -2.51. The first kappa shape index (κ1) is 78.4. The standard InChI is InChI=1S/C66H94N12O19/c79-54(24-19-44-10-2-1-3-11-44)69-39-55(80)71-50(14-6-8-26-67-56(81)40-75-28-30-76(41-58(84)85)32-34-78(43-60(88)89)35-33-77(31-29-75)42-59(86)87)62(91)70-38-45-16-21-48(22-17-45)61(90)72-53(37-46-18-20-47-12-4-5-13-49(47)36-46)63(92)68-27-9-7-15-51(64(93)94)73-66(97)74-52(65(95)96)23-25-57(82)83/h1-5,10-13,18,20,36,45,48,50-53H,6-9,14-17,19,21-35,37-43H2,(H,67,81)(H,68,92)(H,69,79)(H,70,91)(H,71,80)(H,72,90)(H,82,83)(H,84,85)(H,86,87)(H,88,89)(H,93,94)(H,95,96)(H2,73,74,97)/t45?,48?,50-,51-,52-,53-/m0/s1. The van der Waals surface area contributed by atoms with Gasteiger partial charge in [0, 0.05) is 97.2 Å². The summed E-state index contributed by atoms with van der Waals surface area (Å²) in [6.45, 7) is 0.896. The van der Waals surface area contributed by atoms with Crippen molar-refractivity contribution >= 4 is 88.1 Å². The van der Waals surface area contributed by atoms with Crippen LogP contribution in [0.1, 0.15) is 94.6 Å². The number of carboxylic acid groups (broad SMARTS) is 6. The Morgan fingerprint density at radius 1 is 0.423 bits per heavy atom. The van der Waals surface area contributed by atoms with Crippen molar-refractivity contribution in [1.29, 1.82) is 0 Å². The summed E-state index contributed by atoms with van der Waals surface area (Å²) in [5.41, 5.74) is 1.72. The lowest BCUT2D eigenvalue weighted by atomic mass is 9.81. The number of unbranched alkanes of at least 4 members (excludes halogenated alkanes) is 2. The molecule has 2 fully saturated rings. The maximum Gasteiger partial charge on any atom is 0.326 e. The molecule has 0 radical (unpaired) electrons. The zero-order valence-corrected chi connectivity index (χ0v) is 54.6. The molecule has 1 aliphatic heterocycles. The third kappa shape index (κ3) is 31.4. The van der Waals surface area contributed by atoms with Gasteiger partial charge < -0.3 is 73.2 Å². The van der Waals surface area contributed by atoms with Gasteiger partial charge >= 0.3 is 41.8 Å². The Morgan fingerprint density at radius 2 is 0.928 bits per heavy atom. The van der Waals surface area contributed by atoms with Gasteiger partial charge in [-0.2, -0.15) is 0 Å². The number of carbonyl (C=O) groups excluding carboxylic acids is 7. The maximum atomic E-state index is 14.0. The molecule has 0 aromatic heterocycles. The molecule has 2 aliphatic rings. The number of aliphatic carboxylic acids is 6. The Balaban J connectivity index is 1.15. The molecule has 14 N–H and O–H groups in total. The van der Waals surface area contributed by atoms with E-state index in [0.29, 0.717) is 44.9 Å². The molecule has 0 bridgehead atoms. The number of carbonyl (C=O) groups is 13. The summed E-state index contributed by atoms with van der Waals surface area (Å²) >= 11 is 0. The van der Waals surface area contributed by atoms with Gasteiger partial charge in [0.2, 0.25) is 35.4 Å². The second kappa shape index (κ2) is 42.3. The summed E-state index contributed by atoms with van der Waals surface area (Å²) in [4.78, 5) is 170. The van der Waals surface area contributed by atoms with E-state index in [0.717, 1.165) is 21.9 Å². The monoisotopic (exact) mass is 1360 g/mol. The molecule has 5 rings (SSSR count). The fraction of sp³-hybridized carbons (Fsp3) is 0.561. The molecule has 1 heterocycles. The minimum atomic E-state index is -1.57. The van der Waals surface area contributed by atoms with Crippen molar-refractivity contribution in [2.24, 2.45) is 11.8 Å². The molecule has 3 aromatic rings. The van der Waals surface area contributed by atoms with Crippen LogP contribution in [0.25, 0.3) is 10.8 Å². The third-order valence-electron chi connectivity index (χ3n) is 16.9. The molecule has 1 saturated carbocycles. The molecule has 1 aliphatic carbocycles. The van der Waals surface area contributed by atoms with E-state index in [1.54, 1.807) is 19.6 Å². The number of carboxylic acids is 6. The first-order chi connectivity index (χ1) is 46.4. The van der Waals surface area contributed by atoms with E-state index >= 15 is 0 Å². The molecule has 97 heavy (non-hydrogen) atoms. The Bertz CT molecular complexity index is 3100. The first-order valence-electron chi connectivity index (χ1n) is 32.9. The largest absolute Gasteiger partial charge is 0.481 e. The Labute approximate surface area is 562 Å². The van der Waals surface area contributed by atoms with E-state index in [-0.39, 0.29) is 167 Å². The van der Waals surface area contributed by atoms with Crippen LogP contribution in [0.4, 0.5) is 4.79 Å². The number of nitrogens with zero attached hydrogens (tertiary/aromatic N) is 4. The molecule has 0 unspecified atom stereocenters. The van der Waals surface area contributed by atoms with Crippen molar-refractivity contribution in [2.75, 3.05) is 105 Å². The zero-order chi connectivity index (χ0) is 70.7. The smallest absolute Gasteiger partial charge is 0.326 e. The van der Waals surface area contributed by atoms with Crippen LogP contribution in [0.2, 0.25) is 0 Å². The van der Waals surface area contributed by atoms with Gasteiger partial charge in [0.1, 0.15) is 24.2 Å². The number of hydrogen-bond acceptors (Lipinski definition) is 17. The van der Waals surface area contributed by atoms with Crippen LogP contribution in [-0.4, -0.2) is 256 Å². The lowest BCUT2D eigenvalue weighted by molar-refractivity contribution is -0.141. The summed E-state index contributed by atoms with van der Waals surface area (Å²) in [5, 5.41) is 80.0. The number of rotatable bonds is 39. The summed E-state index contributed by atoms with van der Waals surface area (Å²) in [6, 6.07) is 16.6. The highest BCUT2D eigenvalue weighted by molar-refractivity contribution is 5.91. The fourth-order valence-corrected chi connectivity index (χ4v) is 11.5. The van der Waals surface area contributed by atoms with Gasteiger partial charge in [-0.05, 0) is 105 Å². The van der Waals surface area contributed by atoms with Gasteiger partial charge in [-0.3, -0.25) is 67.5 Å². The number of fused-ring (bicyclic) bond motifs is 1. The first-order valence-corrected chi connectivity index (χ1v) is 32.9. The van der Waals surface area contributed by atoms with Crippen LogP contribution >= 0.6 is 0 Å². The molecule has 1 saturated heterocycles. The highest BCUT2D eigenvalue weighted by Gasteiger charge is 2.32. The van der Waals surface area contributed by atoms with Gasteiger partial charge in [-0.1, -0.05) is 72.8 Å². The molecular weight excluding hydrogens is 1260 g/mol.